The van der Waals surface area contributed by atoms with Gasteiger partial charge in [0.1, 0.15) is 17.2 Å². The van der Waals surface area contributed by atoms with Crippen LogP contribution < -0.4 is 14.2 Å². The summed E-state index contributed by atoms with van der Waals surface area (Å²) in [5.74, 6) is -0.914. The molecule has 0 saturated heterocycles. The molecule has 138 valence electrons. The molecule has 1 unspecified atom stereocenters. The fraction of sp³-hybridized carbons (Fsp3) is 0.200. The molecule has 0 fully saturated rings. The van der Waals surface area contributed by atoms with Crippen molar-refractivity contribution in [3.63, 3.8) is 0 Å². The zero-order valence-electron chi connectivity index (χ0n) is 13.7. The molecule has 0 saturated carbocycles. The van der Waals surface area contributed by atoms with E-state index in [1.807, 2.05) is 4.72 Å². The van der Waals surface area contributed by atoms with Gasteiger partial charge in [0, 0.05) is 36.4 Å². The fourth-order valence-corrected chi connectivity index (χ4v) is 2.72. The first kappa shape index (κ1) is 18.2. The van der Waals surface area contributed by atoms with E-state index in [9.17, 15) is 13.0 Å². The predicted octanol–water partition coefficient (Wildman–Crippen LogP) is 1.94. The molecular weight excluding hydrogens is 370 g/mol. The number of benzene rings is 2. The Morgan fingerprint density at radius 2 is 1.77 bits per heavy atom. The molecule has 2 aromatic carbocycles. The molecular formula is C15H14F2N4O4S. The first-order valence-electron chi connectivity index (χ1n) is 7.24. The largest absolute Gasteiger partial charge is 0.493 e. The van der Waals surface area contributed by atoms with Gasteiger partial charge in [-0.15, -0.1) is 5.10 Å². The van der Waals surface area contributed by atoms with Crippen LogP contribution in [0.3, 0.4) is 0 Å². The van der Waals surface area contributed by atoms with Crippen molar-refractivity contribution in [2.24, 2.45) is 0 Å². The third kappa shape index (κ3) is 3.36. The van der Waals surface area contributed by atoms with Crippen LogP contribution in [0.5, 0.6) is 11.5 Å². The minimum atomic E-state index is -2.38. The van der Waals surface area contributed by atoms with E-state index in [0.29, 0.717) is 22.5 Å². The van der Waals surface area contributed by atoms with E-state index in [2.05, 4.69) is 10.3 Å². The number of methoxy groups -OCH3 is 2. The van der Waals surface area contributed by atoms with Crippen LogP contribution in [0.25, 0.3) is 16.7 Å². The summed E-state index contributed by atoms with van der Waals surface area (Å²) in [4.78, 5) is 0. The van der Waals surface area contributed by atoms with Crippen molar-refractivity contribution in [3.8, 4) is 17.2 Å². The maximum Gasteiger partial charge on any atom is 0.232 e. The second-order valence-electron chi connectivity index (χ2n) is 5.16. The highest BCUT2D eigenvalue weighted by Crippen LogP contribution is 2.32. The Hall–Kier alpha value is -2.63. The lowest BCUT2D eigenvalue weighted by Crippen LogP contribution is -2.17. The Balaban J connectivity index is 2.08. The molecule has 0 amide bonds. The summed E-state index contributed by atoms with van der Waals surface area (Å²) in [6, 6.07) is 5.31. The van der Waals surface area contributed by atoms with Gasteiger partial charge in [-0.05, 0) is 0 Å². The zero-order valence-corrected chi connectivity index (χ0v) is 14.5. The van der Waals surface area contributed by atoms with E-state index < -0.39 is 29.4 Å². The topological polar surface area (TPSA) is 98.5 Å². The van der Waals surface area contributed by atoms with Gasteiger partial charge in [0.25, 0.3) is 0 Å². The molecule has 1 atom stereocenters. The second-order valence-corrected chi connectivity index (χ2v) is 5.94. The number of halogens is 2. The third-order valence-corrected chi connectivity index (χ3v) is 4.08. The lowest BCUT2D eigenvalue weighted by molar-refractivity contribution is 0.355. The average Bonchev–Trinajstić information content (AvgIpc) is 3.02. The molecule has 3 aromatic rings. The lowest BCUT2D eigenvalue weighted by atomic mass is 10.1. The van der Waals surface area contributed by atoms with Crippen LogP contribution in [-0.4, -0.2) is 38.0 Å². The summed E-state index contributed by atoms with van der Waals surface area (Å²) in [7, 11) is 2.94. The first-order valence-corrected chi connectivity index (χ1v) is 8.35. The molecule has 26 heavy (non-hydrogen) atoms. The lowest BCUT2D eigenvalue weighted by Gasteiger charge is -2.10. The minimum absolute atomic E-state index is 0.101. The van der Waals surface area contributed by atoms with E-state index in [-0.39, 0.29) is 11.3 Å². The zero-order chi connectivity index (χ0) is 18.8. The van der Waals surface area contributed by atoms with Crippen molar-refractivity contribution in [1.29, 1.82) is 0 Å². The number of aromatic nitrogens is 3. The van der Waals surface area contributed by atoms with Gasteiger partial charge in [0.15, 0.2) is 11.5 Å². The summed E-state index contributed by atoms with van der Waals surface area (Å²) in [5.41, 5.74) is 0.650. The second kappa shape index (κ2) is 7.32. The van der Waals surface area contributed by atoms with Crippen LogP contribution in [0.1, 0.15) is 5.56 Å². The quantitative estimate of drug-likeness (QED) is 0.631. The normalized spacial score (nSPS) is 12.3. The Morgan fingerprint density at radius 1 is 1.15 bits per heavy atom. The molecule has 0 aliphatic heterocycles. The summed E-state index contributed by atoms with van der Waals surface area (Å²) in [5, 5.41) is 7.89. The molecule has 0 aliphatic carbocycles. The highest BCUT2D eigenvalue weighted by molar-refractivity contribution is 7.77. The minimum Gasteiger partial charge on any atom is -0.493 e. The van der Waals surface area contributed by atoms with Gasteiger partial charge in [-0.3, -0.25) is 4.55 Å². The number of nitrogens with one attached hydrogen (secondary N) is 1. The summed E-state index contributed by atoms with van der Waals surface area (Å²) in [6.07, 6.45) is 0. The molecule has 0 radical (unpaired) electrons. The Labute approximate surface area is 149 Å². The number of nitrogens with zero attached hydrogens (tertiary/aromatic N) is 3. The van der Waals surface area contributed by atoms with Gasteiger partial charge in [0.05, 0.1) is 25.4 Å². The van der Waals surface area contributed by atoms with E-state index in [1.54, 1.807) is 12.1 Å². The molecule has 0 bridgehead atoms. The van der Waals surface area contributed by atoms with Gasteiger partial charge in [-0.1, -0.05) is 5.21 Å². The molecule has 8 nitrogen and oxygen atoms in total. The third-order valence-electron chi connectivity index (χ3n) is 3.69. The molecule has 2 N–H and O–H groups in total. The maximum atomic E-state index is 14.3. The average molecular weight is 384 g/mol. The monoisotopic (exact) mass is 384 g/mol. The smallest absolute Gasteiger partial charge is 0.232 e. The summed E-state index contributed by atoms with van der Waals surface area (Å²) in [6.45, 7) is -0.440. The standard InChI is InChI=1S/C15H14F2N4O4S/c1-24-14-5-12-13(6-15(14)25-2)21(20-19-12)8-3-10(16)9(11(17)4-8)7-18-26(22)23/h3-6,18H,7H2,1-2H3,(H,22,23). The van der Waals surface area contributed by atoms with E-state index in [0.717, 1.165) is 12.1 Å². The summed E-state index contributed by atoms with van der Waals surface area (Å²) >= 11 is -2.38. The number of hydrogen-bond donors (Lipinski definition) is 2. The Bertz CT molecular complexity index is 972. The molecule has 11 heteroatoms. The van der Waals surface area contributed by atoms with Gasteiger partial charge < -0.3 is 9.47 Å². The van der Waals surface area contributed by atoms with E-state index in [4.69, 9.17) is 14.0 Å². The number of ether oxygens (including phenoxy) is 2. The molecule has 1 heterocycles. The van der Waals surface area contributed by atoms with Crippen molar-refractivity contribution in [3.05, 3.63) is 41.5 Å². The number of hydrogen-bond acceptors (Lipinski definition) is 5. The predicted molar refractivity (Wildman–Crippen MR) is 89.5 cm³/mol. The summed E-state index contributed by atoms with van der Waals surface area (Å²) < 4.78 is 61.5. The SMILES string of the molecule is COc1cc2nnn(-c3cc(F)c(CNS(=O)O)c(F)c3)c2cc1OC. The first-order chi connectivity index (χ1) is 12.4. The van der Waals surface area contributed by atoms with E-state index in [1.165, 1.54) is 18.9 Å². The van der Waals surface area contributed by atoms with Crippen molar-refractivity contribution < 1.29 is 27.0 Å². The Morgan fingerprint density at radius 3 is 2.35 bits per heavy atom. The maximum absolute atomic E-state index is 14.3. The Kier molecular flexibility index (Phi) is 5.11. The van der Waals surface area contributed by atoms with Crippen molar-refractivity contribution >= 4 is 22.3 Å². The molecule has 0 spiro atoms. The van der Waals surface area contributed by atoms with Crippen LogP contribution >= 0.6 is 0 Å². The van der Waals surface area contributed by atoms with Gasteiger partial charge in [-0.2, -0.15) is 0 Å². The molecule has 1 aromatic heterocycles. The van der Waals surface area contributed by atoms with Crippen LogP contribution in [-0.2, 0) is 17.8 Å². The number of fused-ring (bicyclic) bond motifs is 1. The molecule has 0 aliphatic rings. The van der Waals surface area contributed by atoms with E-state index >= 15 is 0 Å². The van der Waals surface area contributed by atoms with Gasteiger partial charge >= 0.3 is 0 Å². The van der Waals surface area contributed by atoms with Crippen molar-refractivity contribution in [2.75, 3.05) is 14.2 Å². The van der Waals surface area contributed by atoms with Crippen LogP contribution in [0.15, 0.2) is 24.3 Å². The van der Waals surface area contributed by atoms with Gasteiger partial charge in [-0.25, -0.2) is 22.4 Å². The highest BCUT2D eigenvalue weighted by Gasteiger charge is 2.17. The molecule has 3 rings (SSSR count). The van der Waals surface area contributed by atoms with Crippen molar-refractivity contribution in [2.45, 2.75) is 6.54 Å². The van der Waals surface area contributed by atoms with Crippen LogP contribution in [0.2, 0.25) is 0 Å². The fourth-order valence-electron chi connectivity index (χ4n) is 2.45. The van der Waals surface area contributed by atoms with Crippen molar-refractivity contribution in [1.82, 2.24) is 19.7 Å². The number of rotatable bonds is 6. The van der Waals surface area contributed by atoms with Crippen LogP contribution in [0, 0.1) is 11.6 Å². The highest BCUT2D eigenvalue weighted by atomic mass is 32.2. The van der Waals surface area contributed by atoms with Gasteiger partial charge in [0.2, 0.25) is 11.3 Å². The van der Waals surface area contributed by atoms with Crippen LogP contribution in [0.4, 0.5) is 8.78 Å².